The number of carbonyl (C=O) groups is 1. The first-order chi connectivity index (χ1) is 9.04. The van der Waals surface area contributed by atoms with Gasteiger partial charge in [-0.25, -0.2) is 0 Å². The van der Waals surface area contributed by atoms with E-state index in [4.69, 9.17) is 5.73 Å². The van der Waals surface area contributed by atoms with Crippen LogP contribution in [0.25, 0.3) is 0 Å². The van der Waals surface area contributed by atoms with Gasteiger partial charge in [-0.05, 0) is 26.0 Å². The van der Waals surface area contributed by atoms with Gasteiger partial charge in [-0.1, -0.05) is 0 Å². The predicted molar refractivity (Wildman–Crippen MR) is 73.8 cm³/mol. The van der Waals surface area contributed by atoms with E-state index in [9.17, 15) is 9.59 Å². The van der Waals surface area contributed by atoms with Gasteiger partial charge in [0.15, 0.2) is 0 Å². The zero-order chi connectivity index (χ0) is 13.8. The molecule has 0 atom stereocenters. The lowest BCUT2D eigenvalue weighted by Crippen LogP contribution is -2.38. The van der Waals surface area contributed by atoms with Crippen LogP contribution in [0.15, 0.2) is 23.1 Å². The maximum Gasteiger partial charge on any atom is 0.250 e. The summed E-state index contributed by atoms with van der Waals surface area (Å²) < 4.78 is 1.56. The molecule has 1 aliphatic rings. The number of hydrogen-bond acceptors (Lipinski definition) is 4. The average Bonchev–Trinajstić information content (AvgIpc) is 3.14. The molecule has 0 bridgehead atoms. The van der Waals surface area contributed by atoms with E-state index < -0.39 is 0 Å². The lowest BCUT2D eigenvalue weighted by molar-refractivity contribution is -0.122. The van der Waals surface area contributed by atoms with Crippen molar-refractivity contribution in [3.63, 3.8) is 0 Å². The minimum atomic E-state index is -0.0787. The van der Waals surface area contributed by atoms with Crippen LogP contribution in [0.1, 0.15) is 12.8 Å². The molecular formula is C13H20N4O2. The fourth-order valence-electron chi connectivity index (χ4n) is 1.83. The molecule has 1 aliphatic carbocycles. The molecule has 0 radical (unpaired) electrons. The number of anilines is 1. The van der Waals surface area contributed by atoms with E-state index >= 15 is 0 Å². The van der Waals surface area contributed by atoms with E-state index in [-0.39, 0.29) is 11.5 Å². The summed E-state index contributed by atoms with van der Waals surface area (Å²) in [6.45, 7) is 1.51. The third-order valence-electron chi connectivity index (χ3n) is 3.08. The fraction of sp³-hybridized carbons (Fsp3) is 0.538. The number of aromatic nitrogens is 1. The molecule has 0 aromatic carbocycles. The van der Waals surface area contributed by atoms with Crippen LogP contribution in [-0.2, 0) is 11.3 Å². The lowest BCUT2D eigenvalue weighted by Gasteiger charge is -2.17. The molecule has 104 valence electrons. The van der Waals surface area contributed by atoms with Crippen LogP contribution in [0.5, 0.6) is 0 Å². The molecular weight excluding hydrogens is 244 g/mol. The molecule has 19 heavy (non-hydrogen) atoms. The Kier molecular flexibility index (Phi) is 4.21. The molecule has 1 saturated carbocycles. The Bertz CT molecular complexity index is 508. The summed E-state index contributed by atoms with van der Waals surface area (Å²) >= 11 is 0. The van der Waals surface area contributed by atoms with Crippen molar-refractivity contribution in [3.05, 3.63) is 28.7 Å². The fourth-order valence-corrected chi connectivity index (χ4v) is 1.83. The topological polar surface area (TPSA) is 80.4 Å². The second-order valence-corrected chi connectivity index (χ2v) is 5.07. The predicted octanol–water partition coefficient (Wildman–Crippen LogP) is -0.359. The molecule has 6 nitrogen and oxygen atoms in total. The third kappa shape index (κ3) is 4.40. The zero-order valence-electron chi connectivity index (χ0n) is 11.1. The SMILES string of the molecule is CN(CCn1cc(N)ccc1=O)CC(=O)NC1CC1. The van der Waals surface area contributed by atoms with Crippen LogP contribution in [0.4, 0.5) is 5.69 Å². The smallest absolute Gasteiger partial charge is 0.250 e. The summed E-state index contributed by atoms with van der Waals surface area (Å²) in [5.41, 5.74) is 6.12. The van der Waals surface area contributed by atoms with Crippen molar-refractivity contribution in [1.29, 1.82) is 0 Å². The molecule has 0 aliphatic heterocycles. The van der Waals surface area contributed by atoms with E-state index in [1.54, 1.807) is 16.8 Å². The minimum Gasteiger partial charge on any atom is -0.398 e. The number of likely N-dealkylation sites (N-methyl/N-ethyl adjacent to an activating group) is 1. The number of nitrogens with two attached hydrogens (primary N) is 1. The number of nitrogens with zero attached hydrogens (tertiary/aromatic N) is 2. The first kappa shape index (κ1) is 13.6. The number of amides is 1. The monoisotopic (exact) mass is 264 g/mol. The van der Waals surface area contributed by atoms with Crippen LogP contribution in [0.2, 0.25) is 0 Å². The van der Waals surface area contributed by atoms with Crippen LogP contribution in [-0.4, -0.2) is 41.6 Å². The summed E-state index contributed by atoms with van der Waals surface area (Å²) in [5, 5.41) is 2.93. The van der Waals surface area contributed by atoms with E-state index in [2.05, 4.69) is 5.32 Å². The van der Waals surface area contributed by atoms with Crippen molar-refractivity contribution in [3.8, 4) is 0 Å². The highest BCUT2D eigenvalue weighted by molar-refractivity contribution is 5.78. The maximum absolute atomic E-state index is 11.6. The Morgan fingerprint density at radius 3 is 2.95 bits per heavy atom. The molecule has 1 heterocycles. The zero-order valence-corrected chi connectivity index (χ0v) is 11.1. The molecule has 1 aromatic rings. The van der Waals surface area contributed by atoms with E-state index in [0.717, 1.165) is 12.8 Å². The Labute approximate surface area is 112 Å². The average molecular weight is 264 g/mol. The van der Waals surface area contributed by atoms with Crippen molar-refractivity contribution in [2.24, 2.45) is 0 Å². The van der Waals surface area contributed by atoms with E-state index in [1.807, 2.05) is 11.9 Å². The molecule has 2 rings (SSSR count). The summed E-state index contributed by atoms with van der Waals surface area (Å²) in [5.74, 6) is 0.0462. The Hall–Kier alpha value is -1.82. The van der Waals surface area contributed by atoms with Gasteiger partial charge in [0.05, 0.1) is 6.54 Å². The van der Waals surface area contributed by atoms with Crippen LogP contribution < -0.4 is 16.6 Å². The summed E-state index contributed by atoms with van der Waals surface area (Å²) in [7, 11) is 1.86. The van der Waals surface area contributed by atoms with Gasteiger partial charge in [0.1, 0.15) is 0 Å². The summed E-state index contributed by atoms with van der Waals surface area (Å²) in [6.07, 6.45) is 3.81. The minimum absolute atomic E-state index is 0.0462. The van der Waals surface area contributed by atoms with Gasteiger partial charge in [0, 0.05) is 37.1 Å². The quantitative estimate of drug-likeness (QED) is 0.735. The third-order valence-corrected chi connectivity index (χ3v) is 3.08. The highest BCUT2D eigenvalue weighted by Gasteiger charge is 2.23. The second kappa shape index (κ2) is 5.88. The van der Waals surface area contributed by atoms with Crippen molar-refractivity contribution >= 4 is 11.6 Å². The highest BCUT2D eigenvalue weighted by atomic mass is 16.2. The molecule has 1 amide bonds. The van der Waals surface area contributed by atoms with Crippen LogP contribution in [0, 0.1) is 0 Å². The maximum atomic E-state index is 11.6. The molecule has 0 unspecified atom stereocenters. The van der Waals surface area contributed by atoms with Gasteiger partial charge in [0.2, 0.25) is 5.91 Å². The number of pyridine rings is 1. The Balaban J connectivity index is 1.78. The van der Waals surface area contributed by atoms with Crippen molar-refractivity contribution < 1.29 is 4.79 Å². The van der Waals surface area contributed by atoms with Gasteiger partial charge in [-0.2, -0.15) is 0 Å². The second-order valence-electron chi connectivity index (χ2n) is 5.07. The summed E-state index contributed by atoms with van der Waals surface area (Å²) in [6, 6.07) is 3.43. The Morgan fingerprint density at radius 2 is 2.26 bits per heavy atom. The molecule has 0 saturated heterocycles. The van der Waals surface area contributed by atoms with Crippen LogP contribution in [0.3, 0.4) is 0 Å². The molecule has 6 heteroatoms. The number of rotatable bonds is 6. The van der Waals surface area contributed by atoms with Gasteiger partial charge < -0.3 is 15.6 Å². The van der Waals surface area contributed by atoms with Crippen molar-refractivity contribution in [2.45, 2.75) is 25.4 Å². The first-order valence-corrected chi connectivity index (χ1v) is 6.48. The largest absolute Gasteiger partial charge is 0.398 e. The van der Waals surface area contributed by atoms with Crippen LogP contribution >= 0.6 is 0 Å². The van der Waals surface area contributed by atoms with Gasteiger partial charge in [-0.3, -0.25) is 14.5 Å². The lowest BCUT2D eigenvalue weighted by atomic mass is 10.4. The standard InChI is InChI=1S/C13H20N4O2/c1-16(9-12(18)15-11-3-4-11)6-7-17-8-10(14)2-5-13(17)19/h2,5,8,11H,3-4,6-7,9,14H2,1H3,(H,15,18). The van der Waals surface area contributed by atoms with E-state index in [0.29, 0.717) is 31.4 Å². The number of nitrogen functional groups attached to an aromatic ring is 1. The van der Waals surface area contributed by atoms with Crippen molar-refractivity contribution in [1.82, 2.24) is 14.8 Å². The first-order valence-electron chi connectivity index (χ1n) is 6.48. The molecule has 1 aromatic heterocycles. The van der Waals surface area contributed by atoms with Crippen molar-refractivity contribution in [2.75, 3.05) is 25.9 Å². The van der Waals surface area contributed by atoms with E-state index in [1.165, 1.54) is 6.07 Å². The van der Waals surface area contributed by atoms with Gasteiger partial charge in [0.25, 0.3) is 5.56 Å². The molecule has 3 N–H and O–H groups in total. The number of carbonyl (C=O) groups excluding carboxylic acids is 1. The summed E-state index contributed by atoms with van der Waals surface area (Å²) in [4.78, 5) is 25.1. The molecule has 1 fully saturated rings. The molecule has 0 spiro atoms. The highest BCUT2D eigenvalue weighted by Crippen LogP contribution is 2.18. The van der Waals surface area contributed by atoms with Gasteiger partial charge in [-0.15, -0.1) is 0 Å². The normalized spacial score (nSPS) is 14.6. The number of hydrogen-bond donors (Lipinski definition) is 2. The number of nitrogens with one attached hydrogen (secondary N) is 1. The van der Waals surface area contributed by atoms with Gasteiger partial charge >= 0.3 is 0 Å². The Morgan fingerprint density at radius 1 is 1.53 bits per heavy atom.